The quantitative estimate of drug-likeness (QED) is 0.302. The standard InChI is InChI=1S/C28H31FN4O3/c1-7-30-27(35)21-13-23-25(32-21)26(34)17(4)14-33(23)22-12-18(28(5,6)36)8-9-20(22)31-24-15(2)10-19(29)11-16(24)3/h8-14,31-32,36H,7H2,1-6H3,(H,30,35). The molecule has 0 aliphatic carbocycles. The van der Waals surface area contributed by atoms with E-state index in [1.54, 1.807) is 33.0 Å². The van der Waals surface area contributed by atoms with Crippen molar-refractivity contribution in [1.82, 2.24) is 14.9 Å². The minimum absolute atomic E-state index is 0.199. The number of H-pyrrole nitrogens is 1. The van der Waals surface area contributed by atoms with Crippen LogP contribution in [-0.4, -0.2) is 27.1 Å². The fourth-order valence-electron chi connectivity index (χ4n) is 4.36. The molecule has 2 aromatic carbocycles. The van der Waals surface area contributed by atoms with Crippen molar-refractivity contribution in [3.05, 3.63) is 86.6 Å². The second kappa shape index (κ2) is 9.28. The SMILES string of the molecule is CCNC(=O)c1cc2c([nH]1)c(=O)c(C)cn2-c1cc(C(C)(C)O)ccc1Nc1c(C)cc(F)cc1C. The summed E-state index contributed by atoms with van der Waals surface area (Å²) < 4.78 is 15.8. The van der Waals surface area contributed by atoms with Crippen LogP contribution in [0.25, 0.3) is 16.7 Å². The molecule has 0 aliphatic heterocycles. The number of fused-ring (bicyclic) bond motifs is 1. The van der Waals surface area contributed by atoms with Gasteiger partial charge in [0, 0.05) is 24.0 Å². The maximum absolute atomic E-state index is 13.9. The van der Waals surface area contributed by atoms with Crippen LogP contribution in [0.4, 0.5) is 15.8 Å². The third kappa shape index (κ3) is 4.64. The van der Waals surface area contributed by atoms with Crippen molar-refractivity contribution in [2.24, 2.45) is 0 Å². The first kappa shape index (κ1) is 25.2. The maximum Gasteiger partial charge on any atom is 0.267 e. The molecule has 4 N–H and O–H groups in total. The molecule has 7 nitrogen and oxygen atoms in total. The summed E-state index contributed by atoms with van der Waals surface area (Å²) in [6.45, 7) is 11.0. The summed E-state index contributed by atoms with van der Waals surface area (Å²) in [6, 6.07) is 10.1. The first-order valence-electron chi connectivity index (χ1n) is 11.8. The first-order valence-corrected chi connectivity index (χ1v) is 11.8. The molecular formula is C28H31FN4O3. The van der Waals surface area contributed by atoms with E-state index >= 15 is 0 Å². The zero-order valence-electron chi connectivity index (χ0n) is 21.3. The number of amides is 1. The molecule has 188 valence electrons. The summed E-state index contributed by atoms with van der Waals surface area (Å²) in [4.78, 5) is 28.5. The van der Waals surface area contributed by atoms with Crippen LogP contribution in [0, 0.1) is 26.6 Å². The summed E-state index contributed by atoms with van der Waals surface area (Å²) in [7, 11) is 0. The highest BCUT2D eigenvalue weighted by Crippen LogP contribution is 2.34. The number of aryl methyl sites for hydroxylation is 3. The van der Waals surface area contributed by atoms with Crippen LogP contribution >= 0.6 is 0 Å². The van der Waals surface area contributed by atoms with Crippen LogP contribution in [0.1, 0.15) is 53.5 Å². The Morgan fingerprint density at radius 1 is 1.08 bits per heavy atom. The van der Waals surface area contributed by atoms with Crippen molar-refractivity contribution in [2.45, 2.75) is 47.1 Å². The van der Waals surface area contributed by atoms with E-state index in [1.807, 2.05) is 43.5 Å². The molecule has 4 aromatic rings. The Bertz CT molecular complexity index is 1520. The zero-order chi connectivity index (χ0) is 26.4. The van der Waals surface area contributed by atoms with Crippen molar-refractivity contribution >= 4 is 28.3 Å². The minimum atomic E-state index is -1.12. The van der Waals surface area contributed by atoms with Gasteiger partial charge in [0.05, 0.1) is 22.5 Å². The number of carbonyl (C=O) groups excluding carboxylic acids is 1. The average molecular weight is 491 g/mol. The number of aliphatic hydroxyl groups is 1. The van der Waals surface area contributed by atoms with Gasteiger partial charge in [0.15, 0.2) is 0 Å². The van der Waals surface area contributed by atoms with Crippen molar-refractivity contribution in [3.8, 4) is 5.69 Å². The normalized spacial score (nSPS) is 11.7. The lowest BCUT2D eigenvalue weighted by molar-refractivity contribution is 0.0786. The van der Waals surface area contributed by atoms with Gasteiger partial charge in [-0.1, -0.05) is 6.07 Å². The van der Waals surface area contributed by atoms with E-state index in [2.05, 4.69) is 15.6 Å². The Morgan fingerprint density at radius 3 is 2.36 bits per heavy atom. The molecule has 0 unspecified atom stereocenters. The third-order valence-electron chi connectivity index (χ3n) is 6.27. The molecule has 8 heteroatoms. The number of nitrogens with zero attached hydrogens (tertiary/aromatic N) is 1. The summed E-state index contributed by atoms with van der Waals surface area (Å²) in [6.07, 6.45) is 1.72. The maximum atomic E-state index is 13.9. The lowest BCUT2D eigenvalue weighted by atomic mass is 9.97. The topological polar surface area (TPSA) is 99.2 Å². The van der Waals surface area contributed by atoms with Crippen LogP contribution in [0.3, 0.4) is 0 Å². The van der Waals surface area contributed by atoms with Gasteiger partial charge >= 0.3 is 0 Å². The molecule has 0 fully saturated rings. The summed E-state index contributed by atoms with van der Waals surface area (Å²) in [5, 5.41) is 16.9. The van der Waals surface area contributed by atoms with E-state index in [0.717, 1.165) is 16.8 Å². The zero-order valence-corrected chi connectivity index (χ0v) is 21.3. The lowest BCUT2D eigenvalue weighted by Crippen LogP contribution is -2.22. The van der Waals surface area contributed by atoms with Gasteiger partial charge in [0.1, 0.15) is 17.0 Å². The molecule has 2 heterocycles. The van der Waals surface area contributed by atoms with Crippen LogP contribution in [0.2, 0.25) is 0 Å². The molecule has 0 radical (unpaired) electrons. The number of rotatable bonds is 6. The van der Waals surface area contributed by atoms with Gasteiger partial charge in [0.2, 0.25) is 5.43 Å². The number of carbonyl (C=O) groups is 1. The Balaban J connectivity index is 2.00. The van der Waals surface area contributed by atoms with Gasteiger partial charge in [-0.05, 0) is 88.6 Å². The second-order valence-corrected chi connectivity index (χ2v) is 9.64. The fourth-order valence-corrected chi connectivity index (χ4v) is 4.36. The van der Waals surface area contributed by atoms with Gasteiger partial charge < -0.3 is 25.3 Å². The number of benzene rings is 2. The molecule has 2 aromatic heterocycles. The lowest BCUT2D eigenvalue weighted by Gasteiger charge is -2.23. The number of hydrogen-bond acceptors (Lipinski definition) is 4. The molecule has 0 spiro atoms. The first-order chi connectivity index (χ1) is 16.9. The smallest absolute Gasteiger partial charge is 0.267 e. The number of anilines is 2. The summed E-state index contributed by atoms with van der Waals surface area (Å²) in [5.74, 6) is -0.616. The number of hydrogen-bond donors (Lipinski definition) is 4. The highest BCUT2D eigenvalue weighted by Gasteiger charge is 2.21. The van der Waals surface area contributed by atoms with Gasteiger partial charge in [-0.2, -0.15) is 0 Å². The van der Waals surface area contributed by atoms with Crippen LogP contribution in [0.5, 0.6) is 0 Å². The highest BCUT2D eigenvalue weighted by atomic mass is 19.1. The Labute approximate surface area is 209 Å². The van der Waals surface area contributed by atoms with E-state index in [9.17, 15) is 19.1 Å². The summed E-state index contributed by atoms with van der Waals surface area (Å²) in [5.41, 5.74) is 4.54. The van der Waals surface area contributed by atoms with E-state index in [4.69, 9.17) is 0 Å². The molecule has 0 bridgehead atoms. The van der Waals surface area contributed by atoms with Crippen molar-refractivity contribution in [2.75, 3.05) is 11.9 Å². The molecule has 4 rings (SSSR count). The van der Waals surface area contributed by atoms with Crippen LogP contribution < -0.4 is 16.1 Å². The predicted molar refractivity (Wildman–Crippen MR) is 141 cm³/mol. The van der Waals surface area contributed by atoms with Crippen molar-refractivity contribution in [3.63, 3.8) is 0 Å². The van der Waals surface area contributed by atoms with Crippen molar-refractivity contribution < 1.29 is 14.3 Å². The molecule has 0 aliphatic rings. The van der Waals surface area contributed by atoms with Gasteiger partial charge in [-0.3, -0.25) is 9.59 Å². The molecular weight excluding hydrogens is 459 g/mol. The number of aromatic nitrogens is 2. The predicted octanol–water partition coefficient (Wildman–Crippen LogP) is 5.10. The van der Waals surface area contributed by atoms with Gasteiger partial charge in [-0.25, -0.2) is 4.39 Å². The average Bonchev–Trinajstić information content (AvgIpc) is 3.24. The number of nitrogens with one attached hydrogen (secondary N) is 3. The molecule has 36 heavy (non-hydrogen) atoms. The number of pyridine rings is 1. The number of halogens is 1. The van der Waals surface area contributed by atoms with E-state index < -0.39 is 5.60 Å². The molecule has 0 atom stereocenters. The van der Waals surface area contributed by atoms with E-state index in [-0.39, 0.29) is 22.8 Å². The van der Waals surface area contributed by atoms with Gasteiger partial charge in [0.25, 0.3) is 5.91 Å². The molecule has 0 saturated carbocycles. The van der Waals surface area contributed by atoms with Crippen LogP contribution in [0.15, 0.2) is 47.4 Å². The van der Waals surface area contributed by atoms with Crippen molar-refractivity contribution in [1.29, 1.82) is 0 Å². The second-order valence-electron chi connectivity index (χ2n) is 9.64. The Hall–Kier alpha value is -3.91. The Kier molecular flexibility index (Phi) is 6.49. The monoisotopic (exact) mass is 490 g/mol. The largest absolute Gasteiger partial charge is 0.386 e. The van der Waals surface area contributed by atoms with E-state index in [1.165, 1.54) is 12.1 Å². The summed E-state index contributed by atoms with van der Waals surface area (Å²) >= 11 is 0. The fraction of sp³-hybridized carbons (Fsp3) is 0.286. The van der Waals surface area contributed by atoms with Crippen LogP contribution in [-0.2, 0) is 5.60 Å². The van der Waals surface area contributed by atoms with E-state index in [0.29, 0.717) is 40.1 Å². The third-order valence-corrected chi connectivity index (χ3v) is 6.27. The highest BCUT2D eigenvalue weighted by molar-refractivity contribution is 5.97. The minimum Gasteiger partial charge on any atom is -0.386 e. The van der Waals surface area contributed by atoms with Gasteiger partial charge in [-0.15, -0.1) is 0 Å². The molecule has 0 saturated heterocycles. The Morgan fingerprint density at radius 2 is 1.75 bits per heavy atom. The molecule has 1 amide bonds. The number of aromatic amines is 1.